The Morgan fingerprint density at radius 1 is 1.19 bits per heavy atom. The van der Waals surface area contributed by atoms with Crippen LogP contribution in [0, 0.1) is 0 Å². The van der Waals surface area contributed by atoms with Crippen LogP contribution in [0.2, 0.25) is 0 Å². The lowest BCUT2D eigenvalue weighted by Gasteiger charge is -2.13. The first-order chi connectivity index (χ1) is 7.15. The summed E-state index contributed by atoms with van der Waals surface area (Å²) in [5, 5.41) is 18.7. The number of phenols is 2. The molecule has 0 aromatic heterocycles. The fraction of sp³-hybridized carbons (Fsp3) is 0.455. The molecule has 0 saturated carbocycles. The van der Waals surface area contributed by atoms with E-state index in [4.69, 9.17) is 16.6 Å². The van der Waals surface area contributed by atoms with E-state index >= 15 is 0 Å². The molecule has 92 valence electrons. The second kappa shape index (κ2) is 7.33. The summed E-state index contributed by atoms with van der Waals surface area (Å²) in [4.78, 5) is 0. The van der Waals surface area contributed by atoms with Crippen molar-refractivity contribution in [2.24, 2.45) is 11.5 Å². The molecule has 1 aromatic rings. The van der Waals surface area contributed by atoms with Crippen molar-refractivity contribution in [2.75, 3.05) is 6.54 Å². The highest BCUT2D eigenvalue weighted by atomic mass is 35.5. The summed E-state index contributed by atoms with van der Waals surface area (Å²) in [6, 6.07) is 4.28. The lowest BCUT2D eigenvalue weighted by molar-refractivity contribution is 0.438. The first kappa shape index (κ1) is 15.0. The minimum atomic E-state index is -0.197. The highest BCUT2D eigenvalue weighted by Gasteiger charge is 2.10. The number of phenolic OH excluding ortho intramolecular Hbond substituents is 2. The number of hydrogen-bond donors (Lipinski definition) is 4. The van der Waals surface area contributed by atoms with Crippen molar-refractivity contribution in [1.82, 2.24) is 0 Å². The molecular weight excluding hydrogens is 228 g/mol. The Bertz CT molecular complexity index is 321. The molecular formula is C11H19ClN2O2. The Balaban J connectivity index is 0.00000225. The van der Waals surface area contributed by atoms with Crippen LogP contribution in [0.5, 0.6) is 11.5 Å². The number of nitrogens with two attached hydrogens (primary N) is 2. The second-order valence-electron chi connectivity index (χ2n) is 3.63. The van der Waals surface area contributed by atoms with Gasteiger partial charge >= 0.3 is 0 Å². The molecule has 0 aliphatic carbocycles. The molecule has 0 unspecified atom stereocenters. The highest BCUT2D eigenvalue weighted by Crippen LogP contribution is 2.28. The second-order valence-corrected chi connectivity index (χ2v) is 3.63. The maximum absolute atomic E-state index is 9.55. The number of unbranched alkanes of at least 4 members (excludes halogenated alkanes) is 1. The molecule has 0 aliphatic heterocycles. The average molecular weight is 247 g/mol. The van der Waals surface area contributed by atoms with E-state index in [1.807, 2.05) is 0 Å². The molecule has 1 atom stereocenters. The van der Waals surface area contributed by atoms with E-state index in [1.165, 1.54) is 12.1 Å². The maximum atomic E-state index is 9.55. The average Bonchev–Trinajstić information content (AvgIpc) is 2.17. The summed E-state index contributed by atoms with van der Waals surface area (Å²) in [5.74, 6) is 0.0978. The zero-order valence-electron chi connectivity index (χ0n) is 9.10. The van der Waals surface area contributed by atoms with Gasteiger partial charge in [0.05, 0.1) is 0 Å². The molecule has 0 amide bonds. The van der Waals surface area contributed by atoms with E-state index in [1.54, 1.807) is 6.07 Å². The van der Waals surface area contributed by atoms with Crippen molar-refractivity contribution in [3.05, 3.63) is 23.8 Å². The molecule has 0 fully saturated rings. The quantitative estimate of drug-likeness (QED) is 0.595. The highest BCUT2D eigenvalue weighted by molar-refractivity contribution is 5.85. The number of halogens is 1. The van der Waals surface area contributed by atoms with Gasteiger partial charge in [-0.3, -0.25) is 0 Å². The lowest BCUT2D eigenvalue weighted by atomic mass is 10.0. The summed E-state index contributed by atoms with van der Waals surface area (Å²) in [6.07, 6.45) is 2.67. The van der Waals surface area contributed by atoms with E-state index in [9.17, 15) is 5.11 Å². The smallest absolute Gasteiger partial charge is 0.124 e. The van der Waals surface area contributed by atoms with Crippen LogP contribution in [-0.2, 0) is 0 Å². The standard InChI is InChI=1S/C11H18N2O2.ClH/c12-6-2-1-3-10(13)9-5-4-8(14)7-11(9)15;/h4-5,7,10,14-15H,1-3,6,12-13H2;1H/t10-;/m0./s1. The Morgan fingerprint density at radius 3 is 2.44 bits per heavy atom. The van der Waals surface area contributed by atoms with E-state index in [-0.39, 0.29) is 29.9 Å². The first-order valence-electron chi connectivity index (χ1n) is 5.12. The summed E-state index contributed by atoms with van der Waals surface area (Å²) in [6.45, 7) is 0.661. The van der Waals surface area contributed by atoms with Gasteiger partial charge in [0.2, 0.25) is 0 Å². The molecule has 16 heavy (non-hydrogen) atoms. The summed E-state index contributed by atoms with van der Waals surface area (Å²) >= 11 is 0. The van der Waals surface area contributed by atoms with Gasteiger partial charge in [-0.15, -0.1) is 12.4 Å². The summed E-state index contributed by atoms with van der Waals surface area (Å²) < 4.78 is 0. The predicted octanol–water partition coefficient (Wildman–Crippen LogP) is 1.65. The summed E-state index contributed by atoms with van der Waals surface area (Å²) in [7, 11) is 0. The van der Waals surface area contributed by atoms with Crippen LogP contribution >= 0.6 is 12.4 Å². The van der Waals surface area contributed by atoms with Gasteiger partial charge in [0, 0.05) is 17.7 Å². The van der Waals surface area contributed by atoms with E-state index in [0.717, 1.165) is 19.3 Å². The van der Waals surface area contributed by atoms with Crippen LogP contribution in [0.15, 0.2) is 18.2 Å². The van der Waals surface area contributed by atoms with E-state index in [2.05, 4.69) is 0 Å². The SMILES string of the molecule is Cl.NCCCC[C@H](N)c1ccc(O)cc1O. The van der Waals surface area contributed by atoms with Crippen molar-refractivity contribution in [3.63, 3.8) is 0 Å². The van der Waals surface area contributed by atoms with Crippen LogP contribution < -0.4 is 11.5 Å². The van der Waals surface area contributed by atoms with E-state index < -0.39 is 0 Å². The topological polar surface area (TPSA) is 92.5 Å². The molecule has 4 nitrogen and oxygen atoms in total. The number of hydrogen-bond acceptors (Lipinski definition) is 4. The van der Waals surface area contributed by atoms with Gasteiger partial charge in [0.15, 0.2) is 0 Å². The molecule has 0 spiro atoms. The fourth-order valence-electron chi connectivity index (χ4n) is 1.51. The van der Waals surface area contributed by atoms with Crippen molar-refractivity contribution in [1.29, 1.82) is 0 Å². The van der Waals surface area contributed by atoms with Crippen molar-refractivity contribution >= 4 is 12.4 Å². The minimum Gasteiger partial charge on any atom is -0.508 e. The first-order valence-corrected chi connectivity index (χ1v) is 5.12. The van der Waals surface area contributed by atoms with Gasteiger partial charge in [0.1, 0.15) is 11.5 Å². The molecule has 0 heterocycles. The van der Waals surface area contributed by atoms with E-state index in [0.29, 0.717) is 12.1 Å². The van der Waals surface area contributed by atoms with Gasteiger partial charge < -0.3 is 21.7 Å². The van der Waals surface area contributed by atoms with Gasteiger partial charge in [0.25, 0.3) is 0 Å². The number of benzene rings is 1. The third-order valence-electron chi connectivity index (χ3n) is 2.38. The monoisotopic (exact) mass is 246 g/mol. The zero-order valence-corrected chi connectivity index (χ0v) is 9.91. The molecule has 1 aromatic carbocycles. The minimum absolute atomic E-state index is 0. The molecule has 6 N–H and O–H groups in total. The van der Waals surface area contributed by atoms with Crippen LogP contribution in [-0.4, -0.2) is 16.8 Å². The zero-order chi connectivity index (χ0) is 11.3. The van der Waals surface area contributed by atoms with Crippen molar-refractivity contribution in [3.8, 4) is 11.5 Å². The van der Waals surface area contributed by atoms with Crippen molar-refractivity contribution in [2.45, 2.75) is 25.3 Å². The number of aromatic hydroxyl groups is 2. The van der Waals surface area contributed by atoms with Gasteiger partial charge in [-0.25, -0.2) is 0 Å². The molecule has 0 bridgehead atoms. The van der Waals surface area contributed by atoms with Gasteiger partial charge in [-0.05, 0) is 25.5 Å². The Labute approximate surface area is 102 Å². The third-order valence-corrected chi connectivity index (χ3v) is 2.38. The Morgan fingerprint density at radius 2 is 1.88 bits per heavy atom. The lowest BCUT2D eigenvalue weighted by Crippen LogP contribution is -2.11. The Hall–Kier alpha value is -0.970. The normalized spacial score (nSPS) is 11.9. The third kappa shape index (κ3) is 4.26. The van der Waals surface area contributed by atoms with Gasteiger partial charge in [-0.2, -0.15) is 0 Å². The Kier molecular flexibility index (Phi) is 6.88. The fourth-order valence-corrected chi connectivity index (χ4v) is 1.51. The molecule has 5 heteroatoms. The molecule has 0 saturated heterocycles. The van der Waals surface area contributed by atoms with Crippen LogP contribution in [0.25, 0.3) is 0 Å². The predicted molar refractivity (Wildman–Crippen MR) is 66.9 cm³/mol. The number of rotatable bonds is 5. The van der Waals surface area contributed by atoms with Crippen LogP contribution in [0.1, 0.15) is 30.9 Å². The molecule has 0 radical (unpaired) electrons. The summed E-state index contributed by atoms with van der Waals surface area (Å²) in [5.41, 5.74) is 12.0. The van der Waals surface area contributed by atoms with Gasteiger partial charge in [-0.1, -0.05) is 12.5 Å². The molecule has 0 aliphatic rings. The van der Waals surface area contributed by atoms with Crippen LogP contribution in [0.3, 0.4) is 0 Å². The maximum Gasteiger partial charge on any atom is 0.124 e. The van der Waals surface area contributed by atoms with Crippen LogP contribution in [0.4, 0.5) is 0 Å². The van der Waals surface area contributed by atoms with Crippen molar-refractivity contribution < 1.29 is 10.2 Å². The molecule has 1 rings (SSSR count). The largest absolute Gasteiger partial charge is 0.508 e.